The van der Waals surface area contributed by atoms with E-state index in [4.69, 9.17) is 5.73 Å². The lowest BCUT2D eigenvalue weighted by atomic mass is 9.89. The van der Waals surface area contributed by atoms with Gasteiger partial charge in [-0.05, 0) is 51.4 Å². The van der Waals surface area contributed by atoms with Crippen LogP contribution in [0.2, 0.25) is 0 Å². The molecule has 1 aliphatic rings. The molecule has 40 heavy (non-hydrogen) atoms. The monoisotopic (exact) mass is 567 g/mol. The molecule has 1 aromatic heterocycles. The number of nitrogens with zero attached hydrogens (tertiary/aromatic N) is 4. The van der Waals surface area contributed by atoms with Crippen LogP contribution in [-0.4, -0.2) is 51.8 Å². The van der Waals surface area contributed by atoms with Crippen LogP contribution in [0.1, 0.15) is 104 Å². The summed E-state index contributed by atoms with van der Waals surface area (Å²) in [7, 11) is 0. The van der Waals surface area contributed by atoms with E-state index in [0.717, 1.165) is 63.1 Å². The third-order valence-corrected chi connectivity index (χ3v) is 7.53. The zero-order chi connectivity index (χ0) is 29.7. The summed E-state index contributed by atoms with van der Waals surface area (Å²) in [6.07, 6.45) is 6.71. The molecule has 0 radical (unpaired) electrons. The highest BCUT2D eigenvalue weighted by molar-refractivity contribution is 5.98. The number of anilines is 1. The lowest BCUT2D eigenvalue weighted by molar-refractivity contribution is -0.142. The molecule has 1 fully saturated rings. The van der Waals surface area contributed by atoms with Gasteiger partial charge in [0.2, 0.25) is 5.91 Å². The summed E-state index contributed by atoms with van der Waals surface area (Å²) in [4.78, 5) is 26.9. The smallest absolute Gasteiger partial charge is 0.388 e. The molecule has 2 unspecified atom stereocenters. The van der Waals surface area contributed by atoms with E-state index < -0.39 is 11.7 Å². The molecular formula is C29H48F3N7O. The number of carbonyl (C=O) groups excluding carboxylic acids is 1. The number of nitrogens with two attached hydrogens (primary N) is 1. The normalized spacial score (nSPS) is 18.9. The molecule has 0 aromatic carbocycles. The SMILES string of the molecule is CCCC(CCC)N/C=C(CC)\C(N)=N\c1ncc(C(F)(F)F)c(NCCCN2C(=O)C(CC)CCC2CC)n1. The maximum atomic E-state index is 13.7. The number of hydrogen-bond acceptors (Lipinski definition) is 6. The van der Waals surface area contributed by atoms with Crippen molar-refractivity contribution in [2.75, 3.05) is 18.4 Å². The average Bonchev–Trinajstić information content (AvgIpc) is 2.91. The highest BCUT2D eigenvalue weighted by Crippen LogP contribution is 2.34. The Labute approximate surface area is 237 Å². The van der Waals surface area contributed by atoms with Gasteiger partial charge in [0, 0.05) is 49.1 Å². The van der Waals surface area contributed by atoms with Gasteiger partial charge in [0.25, 0.3) is 5.95 Å². The van der Waals surface area contributed by atoms with Crippen LogP contribution < -0.4 is 16.4 Å². The second kappa shape index (κ2) is 16.4. The largest absolute Gasteiger partial charge is 0.421 e. The Hall–Kier alpha value is -2.85. The number of hydrogen-bond donors (Lipinski definition) is 3. The van der Waals surface area contributed by atoms with Crippen LogP contribution in [0.15, 0.2) is 23.0 Å². The van der Waals surface area contributed by atoms with Gasteiger partial charge in [-0.15, -0.1) is 0 Å². The van der Waals surface area contributed by atoms with Crippen LogP contribution in [-0.2, 0) is 11.0 Å². The first-order chi connectivity index (χ1) is 19.1. The first kappa shape index (κ1) is 33.4. The predicted molar refractivity (Wildman–Crippen MR) is 155 cm³/mol. The zero-order valence-corrected chi connectivity index (χ0v) is 24.8. The predicted octanol–water partition coefficient (Wildman–Crippen LogP) is 6.57. The molecule has 11 heteroatoms. The van der Waals surface area contributed by atoms with Gasteiger partial charge in [-0.25, -0.2) is 4.98 Å². The lowest BCUT2D eigenvalue weighted by Crippen LogP contribution is -2.48. The van der Waals surface area contributed by atoms with Crippen LogP contribution in [0, 0.1) is 5.92 Å². The Morgan fingerprint density at radius 3 is 2.45 bits per heavy atom. The zero-order valence-electron chi connectivity index (χ0n) is 24.8. The number of likely N-dealkylation sites (tertiary alicyclic amines) is 1. The molecule has 0 aliphatic carbocycles. The van der Waals surface area contributed by atoms with E-state index in [1.54, 1.807) is 0 Å². The number of nitrogens with one attached hydrogen (secondary N) is 2. The summed E-state index contributed by atoms with van der Waals surface area (Å²) in [6, 6.07) is 0.502. The Morgan fingerprint density at radius 2 is 1.88 bits per heavy atom. The molecule has 4 N–H and O–H groups in total. The van der Waals surface area contributed by atoms with Crippen LogP contribution in [0.3, 0.4) is 0 Å². The summed E-state index contributed by atoms with van der Waals surface area (Å²) in [5, 5.41) is 6.22. The quantitative estimate of drug-likeness (QED) is 0.119. The molecule has 1 aromatic rings. The number of halogens is 3. The molecule has 1 aliphatic heterocycles. The first-order valence-corrected chi connectivity index (χ1v) is 14.9. The minimum atomic E-state index is -4.63. The number of amides is 1. The number of aromatic nitrogens is 2. The van der Waals surface area contributed by atoms with Gasteiger partial charge in [0.05, 0.1) is 0 Å². The fourth-order valence-corrected chi connectivity index (χ4v) is 5.17. The molecule has 226 valence electrons. The third kappa shape index (κ3) is 9.66. The van der Waals surface area contributed by atoms with Crippen LogP contribution in [0.25, 0.3) is 0 Å². The molecule has 1 saturated heterocycles. The number of piperidine rings is 1. The van der Waals surface area contributed by atoms with E-state index >= 15 is 0 Å². The van der Waals surface area contributed by atoms with E-state index in [2.05, 4.69) is 46.4 Å². The minimum absolute atomic E-state index is 0.0294. The van der Waals surface area contributed by atoms with Crippen molar-refractivity contribution in [3.05, 3.63) is 23.5 Å². The van der Waals surface area contributed by atoms with Crippen molar-refractivity contribution in [2.45, 2.75) is 117 Å². The number of alkyl halides is 3. The Bertz CT molecular complexity index is 990. The molecule has 8 nitrogen and oxygen atoms in total. The Balaban J connectivity index is 2.16. The van der Waals surface area contributed by atoms with Gasteiger partial charge in [-0.2, -0.15) is 23.1 Å². The number of amidine groups is 1. The minimum Gasteiger partial charge on any atom is -0.388 e. The lowest BCUT2D eigenvalue weighted by Gasteiger charge is -2.39. The van der Waals surface area contributed by atoms with Crippen molar-refractivity contribution < 1.29 is 18.0 Å². The number of carbonyl (C=O) groups is 1. The number of aliphatic imine (C=N–C) groups is 1. The summed E-state index contributed by atoms with van der Waals surface area (Å²) in [6.45, 7) is 11.0. The average molecular weight is 568 g/mol. The van der Waals surface area contributed by atoms with Gasteiger partial charge in [-0.3, -0.25) is 4.79 Å². The Morgan fingerprint density at radius 1 is 1.18 bits per heavy atom. The van der Waals surface area contributed by atoms with E-state index in [0.29, 0.717) is 25.4 Å². The molecule has 2 heterocycles. The Kier molecular flexibility index (Phi) is 13.7. The maximum Gasteiger partial charge on any atom is 0.421 e. The van der Waals surface area contributed by atoms with Crippen molar-refractivity contribution in [3.63, 3.8) is 0 Å². The van der Waals surface area contributed by atoms with Crippen molar-refractivity contribution in [2.24, 2.45) is 16.6 Å². The second-order valence-electron chi connectivity index (χ2n) is 10.4. The summed E-state index contributed by atoms with van der Waals surface area (Å²) in [5.74, 6) is -0.151. The van der Waals surface area contributed by atoms with Crippen molar-refractivity contribution in [1.29, 1.82) is 0 Å². The molecule has 2 rings (SSSR count). The van der Waals surface area contributed by atoms with Crippen LogP contribution in [0.4, 0.5) is 24.9 Å². The van der Waals surface area contributed by atoms with Crippen LogP contribution in [0.5, 0.6) is 0 Å². The summed E-state index contributed by atoms with van der Waals surface area (Å²) in [5.41, 5.74) is 5.98. The standard InChI is InChI=1S/C29H48F3N7O/c1-6-12-22(13-7-2)35-18-21(9-4)25(33)37-28-36-19-24(29(30,31)32)26(38-28)34-16-11-17-39-23(10-5)15-14-20(8-3)27(39)40/h18-20,22-23,35H,6-17H2,1-5H3,(H3,33,34,36,37,38)/b21-18-. The third-order valence-electron chi connectivity index (χ3n) is 7.53. The topological polar surface area (TPSA) is 109 Å². The van der Waals surface area contributed by atoms with Gasteiger partial charge in [-0.1, -0.05) is 47.5 Å². The molecule has 2 atom stereocenters. The van der Waals surface area contributed by atoms with Gasteiger partial charge < -0.3 is 21.3 Å². The molecular weight excluding hydrogens is 519 g/mol. The van der Waals surface area contributed by atoms with Gasteiger partial charge in [0.1, 0.15) is 17.2 Å². The van der Waals surface area contributed by atoms with E-state index in [-0.39, 0.29) is 42.0 Å². The van der Waals surface area contributed by atoms with Crippen molar-refractivity contribution >= 4 is 23.5 Å². The van der Waals surface area contributed by atoms with Gasteiger partial charge in [0.15, 0.2) is 0 Å². The molecule has 0 saturated carbocycles. The number of rotatable bonds is 16. The molecule has 0 spiro atoms. The fraction of sp³-hybridized carbons (Fsp3) is 0.724. The highest BCUT2D eigenvalue weighted by atomic mass is 19.4. The molecule has 0 bridgehead atoms. The van der Waals surface area contributed by atoms with E-state index in [9.17, 15) is 18.0 Å². The summed E-state index contributed by atoms with van der Waals surface area (Å²) < 4.78 is 41.1. The fourth-order valence-electron chi connectivity index (χ4n) is 5.17. The first-order valence-electron chi connectivity index (χ1n) is 14.9. The van der Waals surface area contributed by atoms with E-state index in [1.165, 1.54) is 0 Å². The highest BCUT2D eigenvalue weighted by Gasteiger charge is 2.36. The molecule has 1 amide bonds. The summed E-state index contributed by atoms with van der Waals surface area (Å²) >= 11 is 0. The van der Waals surface area contributed by atoms with Crippen molar-refractivity contribution in [3.8, 4) is 0 Å². The second-order valence-corrected chi connectivity index (χ2v) is 10.4. The van der Waals surface area contributed by atoms with E-state index in [1.807, 2.05) is 24.9 Å². The maximum absolute atomic E-state index is 13.7. The van der Waals surface area contributed by atoms with Crippen molar-refractivity contribution in [1.82, 2.24) is 20.2 Å². The van der Waals surface area contributed by atoms with Crippen LogP contribution >= 0.6 is 0 Å². The van der Waals surface area contributed by atoms with Gasteiger partial charge >= 0.3 is 6.18 Å².